The second-order valence-electron chi connectivity index (χ2n) is 4.22. The Balaban J connectivity index is 2.01. The van der Waals surface area contributed by atoms with Gasteiger partial charge in [-0.3, -0.25) is 9.59 Å². The molecule has 0 aromatic carbocycles. The van der Waals surface area contributed by atoms with Crippen molar-refractivity contribution in [2.75, 3.05) is 26.2 Å². The van der Waals surface area contributed by atoms with Crippen LogP contribution in [0, 0.1) is 0 Å². The highest BCUT2D eigenvalue weighted by atomic mass is 16.2. The highest BCUT2D eigenvalue weighted by Crippen LogP contribution is 2.07. The number of nitrogens with zero attached hydrogens (tertiary/aromatic N) is 1. The molecule has 0 atom stereocenters. The van der Waals surface area contributed by atoms with Crippen LogP contribution in [0.3, 0.4) is 0 Å². The van der Waals surface area contributed by atoms with Gasteiger partial charge in [0.15, 0.2) is 0 Å². The fraction of sp³-hybridized carbons (Fsp3) is 0.818. The Kier molecular flexibility index (Phi) is 5.85. The number of carbonyl (C=O) groups is 2. The van der Waals surface area contributed by atoms with E-state index in [1.165, 1.54) is 19.3 Å². The summed E-state index contributed by atoms with van der Waals surface area (Å²) >= 11 is 0. The average Bonchev–Trinajstić information content (AvgIpc) is 2.28. The van der Waals surface area contributed by atoms with Crippen LogP contribution >= 0.6 is 0 Å². The van der Waals surface area contributed by atoms with Crippen molar-refractivity contribution in [1.29, 1.82) is 0 Å². The van der Waals surface area contributed by atoms with Gasteiger partial charge >= 0.3 is 0 Å². The number of piperidine rings is 1. The van der Waals surface area contributed by atoms with Gasteiger partial charge in [0.2, 0.25) is 11.8 Å². The largest absolute Gasteiger partial charge is 0.370 e. The van der Waals surface area contributed by atoms with Crippen molar-refractivity contribution >= 4 is 11.8 Å². The van der Waals surface area contributed by atoms with Gasteiger partial charge in [-0.2, -0.15) is 0 Å². The highest BCUT2D eigenvalue weighted by molar-refractivity contribution is 5.82. The van der Waals surface area contributed by atoms with Gasteiger partial charge in [-0.25, -0.2) is 0 Å². The Labute approximate surface area is 96.4 Å². The van der Waals surface area contributed by atoms with Gasteiger partial charge in [0.1, 0.15) is 0 Å². The van der Waals surface area contributed by atoms with Crippen LogP contribution in [0.4, 0.5) is 0 Å². The predicted molar refractivity (Wildman–Crippen MR) is 61.7 cm³/mol. The summed E-state index contributed by atoms with van der Waals surface area (Å²) in [5, 5.41) is 2.80. The van der Waals surface area contributed by atoms with Crippen LogP contribution in [0.5, 0.6) is 0 Å². The predicted octanol–water partition coefficient (Wildman–Crippen LogP) is -0.146. The molecule has 5 heteroatoms. The van der Waals surface area contributed by atoms with E-state index in [0.29, 0.717) is 6.54 Å². The zero-order valence-electron chi connectivity index (χ0n) is 9.71. The van der Waals surface area contributed by atoms with Crippen molar-refractivity contribution in [3.8, 4) is 0 Å². The van der Waals surface area contributed by atoms with E-state index in [1.807, 2.05) is 0 Å². The molecule has 1 saturated heterocycles. The zero-order valence-corrected chi connectivity index (χ0v) is 9.71. The van der Waals surface area contributed by atoms with Crippen LogP contribution in [0.1, 0.15) is 32.1 Å². The maximum Gasteiger partial charge on any atom is 0.220 e. The van der Waals surface area contributed by atoms with E-state index in [9.17, 15) is 9.59 Å². The van der Waals surface area contributed by atoms with Gasteiger partial charge in [-0.1, -0.05) is 6.42 Å². The smallest absolute Gasteiger partial charge is 0.220 e. The molecule has 1 fully saturated rings. The molecule has 0 aromatic heterocycles. The molecule has 0 aromatic rings. The van der Waals surface area contributed by atoms with E-state index in [0.717, 1.165) is 19.6 Å². The molecule has 1 rings (SSSR count). The van der Waals surface area contributed by atoms with Crippen LogP contribution in [-0.4, -0.2) is 42.9 Å². The molecule has 5 nitrogen and oxygen atoms in total. The third-order valence-corrected chi connectivity index (χ3v) is 2.80. The molecule has 1 aliphatic rings. The van der Waals surface area contributed by atoms with Gasteiger partial charge in [-0.05, 0) is 25.9 Å². The maximum absolute atomic E-state index is 11.3. The summed E-state index contributed by atoms with van der Waals surface area (Å²) in [5.41, 5.74) is 4.96. The van der Waals surface area contributed by atoms with Crippen molar-refractivity contribution < 1.29 is 9.59 Å². The minimum absolute atomic E-state index is 0.0872. The SMILES string of the molecule is NC(=O)CCC(=O)NCCN1CCCCC1. The number of amides is 2. The number of hydrogen-bond donors (Lipinski definition) is 2. The summed E-state index contributed by atoms with van der Waals surface area (Å²) in [6, 6.07) is 0. The molecule has 0 spiro atoms. The Morgan fingerprint density at radius 2 is 1.81 bits per heavy atom. The van der Waals surface area contributed by atoms with E-state index in [2.05, 4.69) is 10.2 Å². The molecule has 3 N–H and O–H groups in total. The fourth-order valence-electron chi connectivity index (χ4n) is 1.86. The lowest BCUT2D eigenvalue weighted by atomic mass is 10.1. The summed E-state index contributed by atoms with van der Waals surface area (Å²) in [7, 11) is 0. The van der Waals surface area contributed by atoms with Crippen LogP contribution in [0.25, 0.3) is 0 Å². The van der Waals surface area contributed by atoms with Gasteiger partial charge in [0.25, 0.3) is 0 Å². The topological polar surface area (TPSA) is 75.4 Å². The number of nitrogens with one attached hydrogen (secondary N) is 1. The summed E-state index contributed by atoms with van der Waals surface area (Å²) in [6.07, 6.45) is 4.18. The normalized spacial score (nSPS) is 17.0. The van der Waals surface area contributed by atoms with E-state index in [4.69, 9.17) is 5.73 Å². The van der Waals surface area contributed by atoms with Crippen molar-refractivity contribution in [1.82, 2.24) is 10.2 Å². The van der Waals surface area contributed by atoms with Crippen LogP contribution in [0.2, 0.25) is 0 Å². The van der Waals surface area contributed by atoms with Crippen molar-refractivity contribution in [2.45, 2.75) is 32.1 Å². The van der Waals surface area contributed by atoms with Crippen LogP contribution in [-0.2, 0) is 9.59 Å². The molecule has 0 radical (unpaired) electrons. The Hall–Kier alpha value is -1.10. The molecular weight excluding hydrogens is 206 g/mol. The standard InChI is InChI=1S/C11H21N3O2/c12-10(15)4-5-11(16)13-6-9-14-7-2-1-3-8-14/h1-9H2,(H2,12,15)(H,13,16). The lowest BCUT2D eigenvalue weighted by Gasteiger charge is -2.26. The Morgan fingerprint density at radius 3 is 2.44 bits per heavy atom. The third-order valence-electron chi connectivity index (χ3n) is 2.80. The summed E-state index contributed by atoms with van der Waals surface area (Å²) in [5.74, 6) is -0.512. The minimum Gasteiger partial charge on any atom is -0.370 e. The second-order valence-corrected chi connectivity index (χ2v) is 4.22. The molecule has 0 aliphatic carbocycles. The van der Waals surface area contributed by atoms with Crippen LogP contribution < -0.4 is 11.1 Å². The van der Waals surface area contributed by atoms with E-state index >= 15 is 0 Å². The number of rotatable bonds is 6. The number of nitrogens with two attached hydrogens (primary N) is 1. The first-order valence-corrected chi connectivity index (χ1v) is 5.96. The van der Waals surface area contributed by atoms with Gasteiger partial charge in [-0.15, -0.1) is 0 Å². The number of hydrogen-bond acceptors (Lipinski definition) is 3. The average molecular weight is 227 g/mol. The monoisotopic (exact) mass is 227 g/mol. The first-order chi connectivity index (χ1) is 7.68. The zero-order chi connectivity index (χ0) is 11.8. The Bertz CT molecular complexity index is 237. The fourth-order valence-corrected chi connectivity index (χ4v) is 1.86. The number of carbonyl (C=O) groups excluding carboxylic acids is 2. The molecule has 0 unspecified atom stereocenters. The van der Waals surface area contributed by atoms with Gasteiger partial charge < -0.3 is 16.0 Å². The van der Waals surface area contributed by atoms with E-state index in [-0.39, 0.29) is 18.7 Å². The number of likely N-dealkylation sites (tertiary alicyclic amines) is 1. The van der Waals surface area contributed by atoms with Crippen LogP contribution in [0.15, 0.2) is 0 Å². The quantitative estimate of drug-likeness (QED) is 0.663. The van der Waals surface area contributed by atoms with Crippen molar-refractivity contribution in [3.05, 3.63) is 0 Å². The Morgan fingerprint density at radius 1 is 1.12 bits per heavy atom. The van der Waals surface area contributed by atoms with Gasteiger partial charge in [0, 0.05) is 25.9 Å². The molecule has 0 bridgehead atoms. The van der Waals surface area contributed by atoms with E-state index < -0.39 is 5.91 Å². The van der Waals surface area contributed by atoms with E-state index in [1.54, 1.807) is 0 Å². The first kappa shape index (κ1) is 13.0. The molecular formula is C11H21N3O2. The van der Waals surface area contributed by atoms with Crippen molar-refractivity contribution in [2.24, 2.45) is 5.73 Å². The summed E-state index contributed by atoms with van der Waals surface area (Å²) in [6.45, 7) is 3.84. The summed E-state index contributed by atoms with van der Waals surface area (Å²) in [4.78, 5) is 24.1. The first-order valence-electron chi connectivity index (χ1n) is 5.96. The highest BCUT2D eigenvalue weighted by Gasteiger charge is 2.10. The lowest BCUT2D eigenvalue weighted by molar-refractivity contribution is -0.125. The third kappa shape index (κ3) is 5.70. The summed E-state index contributed by atoms with van der Waals surface area (Å²) < 4.78 is 0. The maximum atomic E-state index is 11.3. The molecule has 1 heterocycles. The molecule has 2 amide bonds. The second kappa shape index (κ2) is 7.22. The molecule has 0 saturated carbocycles. The number of primary amides is 1. The van der Waals surface area contributed by atoms with Crippen molar-refractivity contribution in [3.63, 3.8) is 0 Å². The molecule has 1 aliphatic heterocycles. The minimum atomic E-state index is -0.425. The molecule has 16 heavy (non-hydrogen) atoms. The van der Waals surface area contributed by atoms with Gasteiger partial charge in [0.05, 0.1) is 0 Å². The lowest BCUT2D eigenvalue weighted by Crippen LogP contribution is -2.37. The molecule has 92 valence electrons.